The number of aryl methyl sites for hydroxylation is 1. The van der Waals surface area contributed by atoms with Crippen molar-refractivity contribution in [2.24, 2.45) is 0 Å². The molecule has 134 valence electrons. The van der Waals surface area contributed by atoms with Crippen LogP contribution in [0, 0.1) is 6.92 Å². The molecule has 11 heteroatoms. The maximum Gasteiger partial charge on any atom is 0.330 e. The molecule has 0 amide bonds. The van der Waals surface area contributed by atoms with E-state index < -0.39 is 42.0 Å². The molecule has 24 heavy (non-hydrogen) atoms. The molecule has 0 saturated carbocycles. The topological polar surface area (TPSA) is 112 Å². The molecule has 3 rings (SSSR count). The van der Waals surface area contributed by atoms with Crippen molar-refractivity contribution in [1.29, 1.82) is 0 Å². The Labute approximate surface area is 142 Å². The first kappa shape index (κ1) is 17.9. The summed E-state index contributed by atoms with van der Waals surface area (Å²) >= 11 is 4.93. The fraction of sp³-hybridized carbons (Fsp3) is 0.692. The monoisotopic (exact) mass is 378 g/mol. The summed E-state index contributed by atoms with van der Waals surface area (Å²) in [6.45, 7) is 0.299. The van der Waals surface area contributed by atoms with Gasteiger partial charge >= 0.3 is 12.4 Å². The molecule has 2 bridgehead atoms. The number of fused-ring (bicyclic) bond motifs is 2. The van der Waals surface area contributed by atoms with Gasteiger partial charge in [-0.1, -0.05) is 6.92 Å². The second-order valence-electron chi connectivity index (χ2n) is 5.86. The van der Waals surface area contributed by atoms with Crippen LogP contribution in [0.3, 0.4) is 0 Å². The number of rotatable bonds is 5. The second-order valence-corrected chi connectivity index (χ2v) is 8.76. The van der Waals surface area contributed by atoms with E-state index >= 15 is 0 Å². The van der Waals surface area contributed by atoms with Gasteiger partial charge in [0, 0.05) is 18.9 Å². The third-order valence-corrected chi connectivity index (χ3v) is 6.13. The van der Waals surface area contributed by atoms with Crippen molar-refractivity contribution in [3.8, 4) is 0 Å². The number of aromatic nitrogens is 2. The van der Waals surface area contributed by atoms with Gasteiger partial charge in [-0.15, -0.1) is 0 Å². The van der Waals surface area contributed by atoms with Gasteiger partial charge in [0.25, 0.3) is 5.56 Å². The van der Waals surface area contributed by atoms with Crippen molar-refractivity contribution >= 4 is 18.5 Å². The lowest BCUT2D eigenvalue weighted by molar-refractivity contribution is -0.175. The zero-order valence-electron chi connectivity index (χ0n) is 13.4. The summed E-state index contributed by atoms with van der Waals surface area (Å²) in [5, 5.41) is 0. The van der Waals surface area contributed by atoms with E-state index in [1.54, 1.807) is 6.92 Å². The van der Waals surface area contributed by atoms with Gasteiger partial charge < -0.3 is 18.9 Å². The van der Waals surface area contributed by atoms with Crippen molar-refractivity contribution < 1.29 is 23.4 Å². The minimum absolute atomic E-state index is 0.255. The predicted octanol–water partition coefficient (Wildman–Crippen LogP) is 0.170. The third-order valence-electron chi connectivity index (χ3n) is 4.47. The number of nitrogens with zero attached hydrogens (tertiary/aromatic N) is 1. The summed E-state index contributed by atoms with van der Waals surface area (Å²) in [7, 11) is 1.27. The molecule has 1 aromatic heterocycles. The molecule has 2 N–H and O–H groups in total. The fourth-order valence-electron chi connectivity index (χ4n) is 3.07. The minimum atomic E-state index is -3.43. The minimum Gasteiger partial charge on any atom is -0.368 e. The molecular formula is C13H19N2O7PS. The largest absolute Gasteiger partial charge is 0.368 e. The van der Waals surface area contributed by atoms with Gasteiger partial charge in [-0.25, -0.2) is 4.79 Å². The van der Waals surface area contributed by atoms with Gasteiger partial charge in [0.15, 0.2) is 6.23 Å². The van der Waals surface area contributed by atoms with E-state index in [4.69, 9.17) is 30.3 Å². The Balaban J connectivity index is 2.00. The summed E-state index contributed by atoms with van der Waals surface area (Å²) < 4.78 is 23.5. The van der Waals surface area contributed by atoms with Crippen LogP contribution in [-0.4, -0.2) is 46.0 Å². The molecule has 9 nitrogen and oxygen atoms in total. The highest BCUT2D eigenvalue weighted by Gasteiger charge is 2.63. The van der Waals surface area contributed by atoms with E-state index in [0.29, 0.717) is 12.0 Å². The van der Waals surface area contributed by atoms with Crippen LogP contribution in [-0.2, 0) is 30.3 Å². The lowest BCUT2D eigenvalue weighted by Gasteiger charge is -2.31. The maximum absolute atomic E-state index is 12.1. The van der Waals surface area contributed by atoms with Crippen LogP contribution in [0.1, 0.15) is 25.1 Å². The molecule has 0 aromatic carbocycles. The van der Waals surface area contributed by atoms with Crippen LogP contribution in [0.15, 0.2) is 15.8 Å². The summed E-state index contributed by atoms with van der Waals surface area (Å²) in [4.78, 5) is 35.9. The quantitative estimate of drug-likeness (QED) is 0.698. The van der Waals surface area contributed by atoms with Crippen LogP contribution in [0.2, 0.25) is 0 Å². The van der Waals surface area contributed by atoms with E-state index in [9.17, 15) is 14.5 Å². The van der Waals surface area contributed by atoms with Crippen LogP contribution in [0.4, 0.5) is 0 Å². The zero-order valence-corrected chi connectivity index (χ0v) is 15.1. The molecule has 0 aliphatic carbocycles. The molecule has 3 unspecified atom stereocenters. The van der Waals surface area contributed by atoms with Crippen molar-refractivity contribution in [2.75, 3.05) is 13.7 Å². The van der Waals surface area contributed by atoms with E-state index in [1.165, 1.54) is 17.9 Å². The lowest BCUT2D eigenvalue weighted by atomic mass is 9.96. The van der Waals surface area contributed by atoms with E-state index in [0.717, 1.165) is 0 Å². The number of ether oxygens (including phenoxy) is 2. The molecule has 2 fully saturated rings. The first-order valence-electron chi connectivity index (χ1n) is 7.41. The standard InChI is InChI=1S/C13H19N2O7PS/c1-4-13-6-20-8(9(13)22-23(18,24)19-3)11(21-13)15-5-7(2)10(16)14-12(15)17/h5,8-9,11H,4,6H2,1-3H3,(H,18,24)(H,14,16,17)/t8?,9?,11-,13-,23?/m1/s1. The Morgan fingerprint density at radius 2 is 2.29 bits per heavy atom. The molecule has 2 aliphatic rings. The van der Waals surface area contributed by atoms with Crippen molar-refractivity contribution in [3.05, 3.63) is 32.6 Å². The summed E-state index contributed by atoms with van der Waals surface area (Å²) in [6.07, 6.45) is -0.179. The number of aromatic amines is 1. The van der Waals surface area contributed by atoms with E-state index in [-0.39, 0.29) is 6.61 Å². The maximum atomic E-state index is 12.1. The highest BCUT2D eigenvalue weighted by Crippen LogP contribution is 2.55. The van der Waals surface area contributed by atoms with Crippen molar-refractivity contribution in [2.45, 2.75) is 44.3 Å². The third kappa shape index (κ3) is 2.82. The summed E-state index contributed by atoms with van der Waals surface area (Å²) in [6, 6.07) is 0. The van der Waals surface area contributed by atoms with Crippen LogP contribution in [0.5, 0.6) is 0 Å². The van der Waals surface area contributed by atoms with Gasteiger partial charge in [0.1, 0.15) is 17.8 Å². The smallest absolute Gasteiger partial charge is 0.330 e. The van der Waals surface area contributed by atoms with Gasteiger partial charge in [-0.3, -0.25) is 18.9 Å². The first-order valence-corrected chi connectivity index (χ1v) is 10.0. The van der Waals surface area contributed by atoms with Gasteiger partial charge in [-0.05, 0) is 25.2 Å². The number of hydrogen-bond donors (Lipinski definition) is 2. The Kier molecular flexibility index (Phi) is 4.59. The molecule has 2 aliphatic heterocycles. The second kappa shape index (κ2) is 6.14. The molecule has 0 spiro atoms. The van der Waals surface area contributed by atoms with Crippen LogP contribution < -0.4 is 11.2 Å². The Morgan fingerprint density at radius 3 is 2.92 bits per heavy atom. The Morgan fingerprint density at radius 1 is 1.58 bits per heavy atom. The molecule has 3 heterocycles. The fourth-order valence-corrected chi connectivity index (χ4v) is 4.03. The highest BCUT2D eigenvalue weighted by atomic mass is 32.5. The number of nitrogens with one attached hydrogen (secondary N) is 1. The molecular weight excluding hydrogens is 359 g/mol. The Bertz CT molecular complexity index is 808. The molecule has 2 saturated heterocycles. The summed E-state index contributed by atoms with van der Waals surface area (Å²) in [5.74, 6) is 0. The lowest BCUT2D eigenvalue weighted by Crippen LogP contribution is -2.42. The highest BCUT2D eigenvalue weighted by molar-refractivity contribution is 8.07. The molecule has 0 radical (unpaired) electrons. The van der Waals surface area contributed by atoms with Gasteiger partial charge in [0.2, 0.25) is 0 Å². The SMILES string of the molecule is CC[C@@]12COC(C1OP(O)(=S)OC)[C@H](n1cc(C)c(=O)[nH]c1=O)O2. The number of hydrogen-bond acceptors (Lipinski definition) is 7. The summed E-state index contributed by atoms with van der Waals surface area (Å²) in [5.41, 5.74) is -1.53. The predicted molar refractivity (Wildman–Crippen MR) is 87.3 cm³/mol. The Hall–Kier alpha value is -0.870. The molecule has 1 aromatic rings. The zero-order chi connectivity index (χ0) is 17.7. The van der Waals surface area contributed by atoms with Crippen LogP contribution in [0.25, 0.3) is 0 Å². The van der Waals surface area contributed by atoms with Crippen LogP contribution >= 0.6 is 6.72 Å². The molecule has 5 atom stereocenters. The average Bonchev–Trinajstić information content (AvgIpc) is 3.03. The average molecular weight is 378 g/mol. The van der Waals surface area contributed by atoms with Gasteiger partial charge in [0.05, 0.1) is 6.61 Å². The van der Waals surface area contributed by atoms with Crippen molar-refractivity contribution in [1.82, 2.24) is 9.55 Å². The van der Waals surface area contributed by atoms with Crippen molar-refractivity contribution in [3.63, 3.8) is 0 Å². The van der Waals surface area contributed by atoms with E-state index in [2.05, 4.69) is 4.98 Å². The van der Waals surface area contributed by atoms with Gasteiger partial charge in [-0.2, -0.15) is 0 Å². The normalized spacial score (nSPS) is 34.4. The first-order chi connectivity index (χ1) is 11.2. The van der Waals surface area contributed by atoms with E-state index in [1.807, 2.05) is 6.92 Å². The number of H-pyrrole nitrogens is 1.